The summed E-state index contributed by atoms with van der Waals surface area (Å²) < 4.78 is 38.7. The number of aliphatic hydroxyl groups excluding tert-OH is 1. The van der Waals surface area contributed by atoms with Gasteiger partial charge in [0.2, 0.25) is 0 Å². The zero-order chi connectivity index (χ0) is 34.0. The molecule has 2 N–H and O–H groups in total. The predicted molar refractivity (Wildman–Crippen MR) is 183 cm³/mol. The summed E-state index contributed by atoms with van der Waals surface area (Å²) in [5.41, 5.74) is 4.62. The number of hydrogen-bond acceptors (Lipinski definition) is 7. The van der Waals surface area contributed by atoms with Crippen molar-refractivity contribution in [3.63, 3.8) is 0 Å². The molecular formula is C37H41ClFN3O6. The SMILES string of the molecule is CCOC(=O)c1[nH]c2c(-c3c(C(O)CCC4(C)OCCO4)nn(C)c3CC)c(Cl)ccc2c1CCCOc1cccc2cc(F)ccc12. The van der Waals surface area contributed by atoms with E-state index in [9.17, 15) is 14.3 Å². The number of benzene rings is 3. The number of aryl methyl sites for hydroxylation is 2. The lowest BCUT2D eigenvalue weighted by Crippen LogP contribution is -2.26. The van der Waals surface area contributed by atoms with Gasteiger partial charge in [-0.1, -0.05) is 36.7 Å². The molecule has 3 heterocycles. The number of aromatic amines is 1. The second kappa shape index (κ2) is 14.3. The molecule has 1 aliphatic heterocycles. The molecule has 9 nitrogen and oxygen atoms in total. The van der Waals surface area contributed by atoms with E-state index in [1.54, 1.807) is 17.7 Å². The zero-order valence-corrected chi connectivity index (χ0v) is 28.5. The number of fused-ring (bicyclic) bond motifs is 2. The van der Waals surface area contributed by atoms with Crippen molar-refractivity contribution in [1.82, 2.24) is 14.8 Å². The van der Waals surface area contributed by atoms with Crippen LogP contribution in [0.25, 0.3) is 32.8 Å². The van der Waals surface area contributed by atoms with Crippen LogP contribution in [0.1, 0.15) is 73.6 Å². The molecular weight excluding hydrogens is 637 g/mol. The molecule has 2 aromatic heterocycles. The van der Waals surface area contributed by atoms with Crippen molar-refractivity contribution in [2.45, 2.75) is 64.8 Å². The topological polar surface area (TPSA) is 108 Å². The van der Waals surface area contributed by atoms with Crippen LogP contribution in [0.15, 0.2) is 48.5 Å². The van der Waals surface area contributed by atoms with Crippen molar-refractivity contribution in [3.05, 3.63) is 82.0 Å². The molecule has 1 fully saturated rings. The highest BCUT2D eigenvalue weighted by Gasteiger charge is 2.34. The number of hydrogen-bond donors (Lipinski definition) is 2. The molecule has 6 rings (SSSR count). The Morgan fingerprint density at radius 3 is 2.67 bits per heavy atom. The number of halogens is 2. The third-order valence-electron chi connectivity index (χ3n) is 9.01. The summed E-state index contributed by atoms with van der Waals surface area (Å²) in [6.45, 7) is 7.32. The number of carbonyl (C=O) groups is 1. The molecule has 1 unspecified atom stereocenters. The maximum atomic E-state index is 13.8. The summed E-state index contributed by atoms with van der Waals surface area (Å²) in [7, 11) is 1.85. The van der Waals surface area contributed by atoms with Crippen LogP contribution in [0.2, 0.25) is 5.02 Å². The fourth-order valence-electron chi connectivity index (χ4n) is 6.69. The van der Waals surface area contributed by atoms with Crippen LogP contribution < -0.4 is 4.74 Å². The second-order valence-electron chi connectivity index (χ2n) is 12.2. The normalized spacial score (nSPS) is 15.0. The lowest BCUT2D eigenvalue weighted by atomic mass is 9.94. The number of nitrogens with one attached hydrogen (secondary N) is 1. The van der Waals surface area contributed by atoms with E-state index in [-0.39, 0.29) is 12.4 Å². The number of nitrogens with zero attached hydrogens (tertiary/aromatic N) is 2. The minimum absolute atomic E-state index is 0.220. The van der Waals surface area contributed by atoms with Crippen LogP contribution >= 0.6 is 11.6 Å². The van der Waals surface area contributed by atoms with E-state index in [2.05, 4.69) is 4.98 Å². The van der Waals surface area contributed by atoms with Gasteiger partial charge in [0.05, 0.1) is 48.8 Å². The fraction of sp³-hybridized carbons (Fsp3) is 0.405. The molecule has 0 radical (unpaired) electrons. The number of H-pyrrole nitrogens is 1. The number of rotatable bonds is 13. The minimum atomic E-state index is -0.913. The van der Waals surface area contributed by atoms with Gasteiger partial charge in [0.15, 0.2) is 5.79 Å². The van der Waals surface area contributed by atoms with Gasteiger partial charge in [-0.3, -0.25) is 4.68 Å². The summed E-state index contributed by atoms with van der Waals surface area (Å²) in [5.74, 6) is -0.846. The highest BCUT2D eigenvalue weighted by atomic mass is 35.5. The van der Waals surface area contributed by atoms with Crippen molar-refractivity contribution in [2.24, 2.45) is 7.05 Å². The number of carbonyl (C=O) groups excluding carboxylic acids is 1. The quantitative estimate of drug-likeness (QED) is 0.0966. The summed E-state index contributed by atoms with van der Waals surface area (Å²) in [6.07, 6.45) is 1.68. The third-order valence-corrected chi connectivity index (χ3v) is 9.32. The fourth-order valence-corrected chi connectivity index (χ4v) is 6.94. The van der Waals surface area contributed by atoms with E-state index in [4.69, 9.17) is 35.6 Å². The van der Waals surface area contributed by atoms with E-state index >= 15 is 0 Å². The summed E-state index contributed by atoms with van der Waals surface area (Å²) in [5, 5.41) is 19.2. The first-order chi connectivity index (χ1) is 23.1. The average molecular weight is 678 g/mol. The first kappa shape index (κ1) is 33.9. The van der Waals surface area contributed by atoms with Gasteiger partial charge in [-0.25, -0.2) is 9.18 Å². The first-order valence-corrected chi connectivity index (χ1v) is 16.8. The standard InChI is InChI=1S/C37H41ClFN3O6/c1-5-28-32(35(41-42(28)4)29(43)16-17-37(3)47-19-20-48-37)31-27(38)15-14-26-25(34(40-33(26)31)36(44)45-6-2)10-8-18-46-30-11-7-9-22-21-23(39)12-13-24(22)30/h7,9,11-15,21,29,40,43H,5-6,8,10,16-20H2,1-4H3. The van der Waals surface area contributed by atoms with E-state index in [1.807, 2.05) is 51.2 Å². The Morgan fingerprint density at radius 2 is 1.92 bits per heavy atom. The number of aliphatic hydroxyl groups is 1. The van der Waals surface area contributed by atoms with Gasteiger partial charge < -0.3 is 29.0 Å². The molecule has 3 aromatic carbocycles. The molecule has 254 valence electrons. The summed E-state index contributed by atoms with van der Waals surface area (Å²) >= 11 is 6.97. The van der Waals surface area contributed by atoms with Gasteiger partial charge in [-0.2, -0.15) is 5.10 Å². The molecule has 0 aliphatic carbocycles. The molecule has 1 atom stereocenters. The molecule has 11 heteroatoms. The largest absolute Gasteiger partial charge is 0.493 e. The Balaban J connectivity index is 1.34. The van der Waals surface area contributed by atoms with Gasteiger partial charge in [0.25, 0.3) is 0 Å². The second-order valence-corrected chi connectivity index (χ2v) is 12.6. The molecule has 0 spiro atoms. The average Bonchev–Trinajstić information content (AvgIpc) is 3.77. The predicted octanol–water partition coefficient (Wildman–Crippen LogP) is 7.84. The van der Waals surface area contributed by atoms with E-state index in [0.717, 1.165) is 33.0 Å². The summed E-state index contributed by atoms with van der Waals surface area (Å²) in [4.78, 5) is 16.7. The van der Waals surface area contributed by atoms with Crippen molar-refractivity contribution in [3.8, 4) is 16.9 Å². The third kappa shape index (κ3) is 6.67. The minimum Gasteiger partial charge on any atom is -0.493 e. The van der Waals surface area contributed by atoms with Crippen LogP contribution in [-0.2, 0) is 34.1 Å². The molecule has 48 heavy (non-hydrogen) atoms. The highest BCUT2D eigenvalue weighted by Crippen LogP contribution is 2.43. The Labute approximate surface area is 283 Å². The first-order valence-electron chi connectivity index (χ1n) is 16.5. The number of esters is 1. The van der Waals surface area contributed by atoms with Crippen molar-refractivity contribution < 1.29 is 33.2 Å². The summed E-state index contributed by atoms with van der Waals surface area (Å²) in [6, 6.07) is 13.9. The molecule has 5 aromatic rings. The molecule has 0 saturated carbocycles. The van der Waals surface area contributed by atoms with E-state index < -0.39 is 17.9 Å². The van der Waals surface area contributed by atoms with Crippen LogP contribution in [0.4, 0.5) is 4.39 Å². The monoisotopic (exact) mass is 677 g/mol. The number of ether oxygens (including phenoxy) is 4. The maximum Gasteiger partial charge on any atom is 0.355 e. The van der Waals surface area contributed by atoms with Gasteiger partial charge in [-0.05, 0) is 80.8 Å². The van der Waals surface area contributed by atoms with Gasteiger partial charge in [0, 0.05) is 41.1 Å². The van der Waals surface area contributed by atoms with Crippen LogP contribution in [0.5, 0.6) is 5.75 Å². The molecule has 0 bridgehead atoms. The van der Waals surface area contributed by atoms with Crippen LogP contribution in [0.3, 0.4) is 0 Å². The maximum absolute atomic E-state index is 13.8. The van der Waals surface area contributed by atoms with Gasteiger partial charge >= 0.3 is 5.97 Å². The van der Waals surface area contributed by atoms with Crippen LogP contribution in [0, 0.1) is 5.82 Å². The highest BCUT2D eigenvalue weighted by molar-refractivity contribution is 6.35. The van der Waals surface area contributed by atoms with E-state index in [0.29, 0.717) is 85.2 Å². The zero-order valence-electron chi connectivity index (χ0n) is 27.7. The molecule has 0 amide bonds. The Hall–Kier alpha value is -3.96. The van der Waals surface area contributed by atoms with Gasteiger partial charge in [0.1, 0.15) is 17.3 Å². The van der Waals surface area contributed by atoms with Gasteiger partial charge in [-0.15, -0.1) is 0 Å². The molecule has 1 aliphatic rings. The lowest BCUT2D eigenvalue weighted by molar-refractivity contribution is -0.151. The smallest absolute Gasteiger partial charge is 0.355 e. The van der Waals surface area contributed by atoms with Crippen molar-refractivity contribution in [1.29, 1.82) is 0 Å². The Bertz CT molecular complexity index is 1950. The van der Waals surface area contributed by atoms with E-state index in [1.165, 1.54) is 12.1 Å². The van der Waals surface area contributed by atoms with Crippen molar-refractivity contribution >= 4 is 39.2 Å². The Kier molecular flexibility index (Phi) is 10.1. The lowest BCUT2D eigenvalue weighted by Gasteiger charge is -2.23. The molecule has 1 saturated heterocycles. The Morgan fingerprint density at radius 1 is 1.15 bits per heavy atom. The van der Waals surface area contributed by atoms with Crippen molar-refractivity contribution in [2.75, 3.05) is 26.4 Å². The van der Waals surface area contributed by atoms with Crippen LogP contribution in [-0.4, -0.2) is 58.1 Å². The number of aromatic nitrogens is 3.